The number of carbonyl (C=O) groups excluding carboxylic acids is 2. The smallest absolute Gasteiger partial charge is 0.234 e. The maximum atomic E-state index is 13.4. The molecule has 170 valence electrons. The first-order chi connectivity index (χ1) is 15.0. The number of benzene rings is 1. The third kappa shape index (κ3) is 4.89. The zero-order chi connectivity index (χ0) is 22.0. The average molecular weight is 425 g/mol. The Labute approximate surface area is 188 Å². The van der Waals surface area contributed by atoms with E-state index in [2.05, 4.69) is 41.8 Å². The number of para-hydroxylation sites is 1. The SMILES string of the molecule is CC(=O)CCCC1C(=O)N(C2CCN(C3CCC(C(C)C)CC3)CC2)c2ccccc21. The molecule has 1 aliphatic carbocycles. The van der Waals surface area contributed by atoms with Gasteiger partial charge in [-0.25, -0.2) is 0 Å². The molecule has 1 aromatic rings. The van der Waals surface area contributed by atoms with Gasteiger partial charge in [0.05, 0.1) is 5.92 Å². The number of nitrogens with zero attached hydrogens (tertiary/aromatic N) is 2. The van der Waals surface area contributed by atoms with Crippen LogP contribution in [-0.2, 0) is 9.59 Å². The van der Waals surface area contributed by atoms with Gasteiger partial charge in [0, 0.05) is 37.3 Å². The van der Waals surface area contributed by atoms with Crippen LogP contribution in [0.15, 0.2) is 24.3 Å². The van der Waals surface area contributed by atoms with E-state index in [0.717, 1.165) is 62.3 Å². The van der Waals surface area contributed by atoms with Gasteiger partial charge in [0.1, 0.15) is 5.78 Å². The number of Topliss-reactive ketones (excluding diaryl/α,β-unsaturated/α-hetero) is 1. The standard InChI is InChI=1S/C27H40N2O2/c1-19(2)21-11-13-22(14-12-21)28-17-15-23(16-18-28)29-26-10-5-4-8-24(26)25(27(29)31)9-6-7-20(3)30/h4-5,8,10,19,21-23,25H,6-7,9,11-18H2,1-3H3. The molecular weight excluding hydrogens is 384 g/mol. The molecule has 31 heavy (non-hydrogen) atoms. The van der Waals surface area contributed by atoms with Crippen molar-refractivity contribution in [2.24, 2.45) is 11.8 Å². The summed E-state index contributed by atoms with van der Waals surface area (Å²) < 4.78 is 0. The fourth-order valence-electron chi connectivity index (χ4n) is 6.27. The average Bonchev–Trinajstić information content (AvgIpc) is 3.05. The van der Waals surface area contributed by atoms with Gasteiger partial charge in [-0.2, -0.15) is 0 Å². The van der Waals surface area contributed by atoms with E-state index in [-0.39, 0.29) is 17.6 Å². The number of piperidine rings is 1. The quantitative estimate of drug-likeness (QED) is 0.576. The molecular formula is C27H40N2O2. The Morgan fingerprint density at radius 1 is 1.00 bits per heavy atom. The molecule has 1 saturated carbocycles. The van der Waals surface area contributed by atoms with Crippen LogP contribution in [0.1, 0.15) is 90.0 Å². The zero-order valence-corrected chi connectivity index (χ0v) is 19.7. The summed E-state index contributed by atoms with van der Waals surface area (Å²) >= 11 is 0. The Bertz CT molecular complexity index is 773. The first-order valence-electron chi connectivity index (χ1n) is 12.6. The Hall–Kier alpha value is -1.68. The second-order valence-corrected chi connectivity index (χ2v) is 10.5. The van der Waals surface area contributed by atoms with E-state index in [1.165, 1.54) is 31.2 Å². The summed E-state index contributed by atoms with van der Waals surface area (Å²) in [4.78, 5) is 29.7. The van der Waals surface area contributed by atoms with Gasteiger partial charge in [-0.3, -0.25) is 4.79 Å². The number of fused-ring (bicyclic) bond motifs is 1. The fourth-order valence-corrected chi connectivity index (χ4v) is 6.27. The highest BCUT2D eigenvalue weighted by atomic mass is 16.2. The van der Waals surface area contributed by atoms with Crippen molar-refractivity contribution in [1.29, 1.82) is 0 Å². The van der Waals surface area contributed by atoms with Crippen molar-refractivity contribution in [3.63, 3.8) is 0 Å². The third-order valence-electron chi connectivity index (χ3n) is 8.19. The van der Waals surface area contributed by atoms with Gasteiger partial charge >= 0.3 is 0 Å². The number of hydrogen-bond acceptors (Lipinski definition) is 3. The highest BCUT2D eigenvalue weighted by molar-refractivity contribution is 6.05. The number of amides is 1. The Kier molecular flexibility index (Phi) is 7.15. The number of carbonyl (C=O) groups is 2. The number of hydrogen-bond donors (Lipinski definition) is 0. The second kappa shape index (κ2) is 9.85. The third-order valence-corrected chi connectivity index (χ3v) is 8.19. The lowest BCUT2D eigenvalue weighted by Gasteiger charge is -2.43. The summed E-state index contributed by atoms with van der Waals surface area (Å²) in [7, 11) is 0. The molecule has 0 spiro atoms. The van der Waals surface area contributed by atoms with Gasteiger partial charge in [-0.1, -0.05) is 32.0 Å². The highest BCUT2D eigenvalue weighted by Gasteiger charge is 2.41. The second-order valence-electron chi connectivity index (χ2n) is 10.5. The van der Waals surface area contributed by atoms with Gasteiger partial charge in [0.25, 0.3) is 0 Å². The van der Waals surface area contributed by atoms with Gasteiger partial charge in [0.2, 0.25) is 5.91 Å². The highest BCUT2D eigenvalue weighted by Crippen LogP contribution is 2.43. The molecule has 2 fully saturated rings. The Morgan fingerprint density at radius 2 is 1.68 bits per heavy atom. The van der Waals surface area contributed by atoms with Crippen LogP contribution in [-0.4, -0.2) is 41.8 Å². The van der Waals surface area contributed by atoms with Crippen molar-refractivity contribution in [1.82, 2.24) is 4.90 Å². The van der Waals surface area contributed by atoms with Crippen molar-refractivity contribution in [2.45, 2.75) is 96.6 Å². The summed E-state index contributed by atoms with van der Waals surface area (Å²) in [5.41, 5.74) is 2.29. The Morgan fingerprint density at radius 3 is 2.32 bits per heavy atom. The molecule has 0 aromatic heterocycles. The zero-order valence-electron chi connectivity index (χ0n) is 19.7. The summed E-state index contributed by atoms with van der Waals surface area (Å²) in [5, 5.41) is 0. The van der Waals surface area contributed by atoms with Crippen LogP contribution in [0, 0.1) is 11.8 Å². The minimum absolute atomic E-state index is 0.0695. The number of likely N-dealkylation sites (tertiary alicyclic amines) is 1. The van der Waals surface area contributed by atoms with Crippen molar-refractivity contribution in [3.05, 3.63) is 29.8 Å². The molecule has 1 saturated heterocycles. The van der Waals surface area contributed by atoms with E-state index in [9.17, 15) is 9.59 Å². The van der Waals surface area contributed by atoms with Crippen molar-refractivity contribution in [3.8, 4) is 0 Å². The van der Waals surface area contributed by atoms with Crippen LogP contribution in [0.3, 0.4) is 0 Å². The van der Waals surface area contributed by atoms with E-state index >= 15 is 0 Å². The lowest BCUT2D eigenvalue weighted by molar-refractivity contribution is -0.121. The van der Waals surface area contributed by atoms with Crippen LogP contribution in [0.5, 0.6) is 0 Å². The van der Waals surface area contributed by atoms with E-state index < -0.39 is 0 Å². The first-order valence-corrected chi connectivity index (χ1v) is 12.6. The monoisotopic (exact) mass is 424 g/mol. The number of rotatable bonds is 7. The maximum absolute atomic E-state index is 13.4. The maximum Gasteiger partial charge on any atom is 0.234 e. The van der Waals surface area contributed by atoms with E-state index in [4.69, 9.17) is 0 Å². The van der Waals surface area contributed by atoms with Gasteiger partial charge < -0.3 is 14.6 Å². The molecule has 4 heteroatoms. The summed E-state index contributed by atoms with van der Waals surface area (Å²) in [6, 6.07) is 9.40. The minimum Gasteiger partial charge on any atom is -0.308 e. The Balaban J connectivity index is 1.37. The van der Waals surface area contributed by atoms with Crippen LogP contribution in [0.2, 0.25) is 0 Å². The molecule has 1 unspecified atom stereocenters. The van der Waals surface area contributed by atoms with Gasteiger partial charge in [-0.15, -0.1) is 0 Å². The topological polar surface area (TPSA) is 40.6 Å². The molecule has 4 rings (SSSR count). The van der Waals surface area contributed by atoms with E-state index in [0.29, 0.717) is 12.5 Å². The van der Waals surface area contributed by atoms with Crippen LogP contribution < -0.4 is 4.90 Å². The molecule has 2 aliphatic heterocycles. The summed E-state index contributed by atoms with van der Waals surface area (Å²) in [5.74, 6) is 2.13. The lowest BCUT2D eigenvalue weighted by atomic mass is 9.79. The largest absolute Gasteiger partial charge is 0.308 e. The van der Waals surface area contributed by atoms with Crippen LogP contribution in [0.4, 0.5) is 5.69 Å². The van der Waals surface area contributed by atoms with Crippen molar-refractivity contribution < 1.29 is 9.59 Å². The lowest BCUT2D eigenvalue weighted by Crippen LogP contribution is -2.50. The molecule has 0 bridgehead atoms. The van der Waals surface area contributed by atoms with E-state index in [1.54, 1.807) is 6.92 Å². The normalized spacial score (nSPS) is 27.7. The van der Waals surface area contributed by atoms with Crippen molar-refractivity contribution in [2.75, 3.05) is 18.0 Å². The van der Waals surface area contributed by atoms with Crippen LogP contribution in [0.25, 0.3) is 0 Å². The predicted molar refractivity (Wildman–Crippen MR) is 126 cm³/mol. The molecule has 1 aromatic carbocycles. The first kappa shape index (κ1) is 22.5. The molecule has 4 nitrogen and oxygen atoms in total. The molecule has 0 N–H and O–H groups in total. The van der Waals surface area contributed by atoms with Crippen LogP contribution >= 0.6 is 0 Å². The summed E-state index contributed by atoms with van der Waals surface area (Å²) in [6.45, 7) is 8.61. The number of ketones is 1. The van der Waals surface area contributed by atoms with Crippen molar-refractivity contribution >= 4 is 17.4 Å². The van der Waals surface area contributed by atoms with E-state index in [1.807, 2.05) is 6.07 Å². The molecule has 0 radical (unpaired) electrons. The molecule has 1 atom stereocenters. The molecule has 1 amide bonds. The fraction of sp³-hybridized carbons (Fsp3) is 0.704. The number of anilines is 1. The van der Waals surface area contributed by atoms with Gasteiger partial charge in [0.15, 0.2) is 0 Å². The summed E-state index contributed by atoms with van der Waals surface area (Å²) in [6.07, 6.45) is 9.74. The molecule has 2 heterocycles. The molecule has 3 aliphatic rings. The minimum atomic E-state index is -0.0695. The van der Waals surface area contributed by atoms with Gasteiger partial charge in [-0.05, 0) is 81.8 Å². The predicted octanol–water partition coefficient (Wildman–Crippen LogP) is 5.56.